The summed E-state index contributed by atoms with van der Waals surface area (Å²) in [5, 5.41) is 2.05. The van der Waals surface area contributed by atoms with Crippen molar-refractivity contribution >= 4 is 45.4 Å². The van der Waals surface area contributed by atoms with E-state index in [9.17, 15) is 0 Å². The Morgan fingerprint density at radius 1 is 1.24 bits per heavy atom. The van der Waals surface area contributed by atoms with Crippen LogP contribution in [0.1, 0.15) is 43.2 Å². The van der Waals surface area contributed by atoms with Crippen LogP contribution in [0, 0.1) is 5.92 Å². The average molecular weight is 453 g/mol. The van der Waals surface area contributed by atoms with Crippen molar-refractivity contribution in [1.82, 2.24) is 9.88 Å². The summed E-state index contributed by atoms with van der Waals surface area (Å²) in [5.74, 6) is 0.740. The molecule has 1 saturated heterocycles. The summed E-state index contributed by atoms with van der Waals surface area (Å²) in [7, 11) is 0. The number of hydrogen-bond acceptors (Lipinski definition) is 5. The van der Waals surface area contributed by atoms with Gasteiger partial charge in [-0.2, -0.15) is 0 Å². The van der Waals surface area contributed by atoms with Crippen molar-refractivity contribution in [2.75, 3.05) is 36.8 Å². The number of halogens is 2. The van der Waals surface area contributed by atoms with Gasteiger partial charge >= 0.3 is 0 Å². The van der Waals surface area contributed by atoms with Gasteiger partial charge in [0.2, 0.25) is 0 Å². The molecular formula is C22H30Cl2N4S. The van der Waals surface area contributed by atoms with Crippen molar-refractivity contribution in [3.05, 3.63) is 38.8 Å². The number of thiazole rings is 1. The van der Waals surface area contributed by atoms with E-state index in [1.807, 2.05) is 12.1 Å². The van der Waals surface area contributed by atoms with Crippen LogP contribution in [0.3, 0.4) is 0 Å². The maximum Gasteiger partial charge on any atom is 0.180 e. The summed E-state index contributed by atoms with van der Waals surface area (Å²) in [4.78, 5) is 11.0. The molecule has 2 aliphatic rings. The van der Waals surface area contributed by atoms with E-state index >= 15 is 0 Å². The van der Waals surface area contributed by atoms with Gasteiger partial charge in [0.1, 0.15) is 0 Å². The lowest BCUT2D eigenvalue weighted by Crippen LogP contribution is -2.45. The van der Waals surface area contributed by atoms with Crippen LogP contribution in [-0.2, 0) is 12.8 Å². The molecule has 0 amide bonds. The zero-order valence-electron chi connectivity index (χ0n) is 17.0. The fourth-order valence-electron chi connectivity index (χ4n) is 4.82. The van der Waals surface area contributed by atoms with Crippen LogP contribution >= 0.6 is 34.5 Å². The second-order valence-electron chi connectivity index (χ2n) is 8.32. The van der Waals surface area contributed by atoms with Gasteiger partial charge in [0.05, 0.1) is 21.4 Å². The second kappa shape index (κ2) is 9.42. The van der Waals surface area contributed by atoms with Crippen LogP contribution in [0.15, 0.2) is 18.2 Å². The Hall–Kier alpha value is -1.01. The molecule has 0 unspecified atom stereocenters. The molecule has 4 rings (SSSR count). The zero-order chi connectivity index (χ0) is 20.4. The maximum atomic E-state index is 6.44. The normalized spacial score (nSPS) is 20.3. The maximum absolute atomic E-state index is 6.44. The number of nitrogens with zero attached hydrogens (tertiary/aromatic N) is 3. The Labute approximate surface area is 188 Å². The molecule has 2 N–H and O–H groups in total. The fraction of sp³-hybridized carbons (Fsp3) is 0.591. The molecule has 1 aromatic heterocycles. The summed E-state index contributed by atoms with van der Waals surface area (Å²) in [6, 6.07) is 6.55. The van der Waals surface area contributed by atoms with Crippen LogP contribution in [0.2, 0.25) is 10.0 Å². The quantitative estimate of drug-likeness (QED) is 0.626. The molecule has 2 heterocycles. The minimum Gasteiger partial charge on any atom is -0.375 e. The number of nitrogen functional groups attached to an aromatic ring is 1. The van der Waals surface area contributed by atoms with E-state index in [0.29, 0.717) is 16.1 Å². The number of nitrogens with two attached hydrogens (primary N) is 1. The Balaban J connectivity index is 1.36. The molecule has 1 atom stereocenters. The van der Waals surface area contributed by atoms with E-state index in [-0.39, 0.29) is 0 Å². The van der Waals surface area contributed by atoms with Gasteiger partial charge < -0.3 is 10.6 Å². The second-order valence-corrected chi connectivity index (χ2v) is 10.2. The molecule has 1 aromatic carbocycles. The largest absolute Gasteiger partial charge is 0.375 e. The Morgan fingerprint density at radius 3 is 2.79 bits per heavy atom. The highest BCUT2D eigenvalue weighted by molar-refractivity contribution is 7.15. The third-order valence-corrected chi connectivity index (χ3v) is 8.09. The monoisotopic (exact) mass is 452 g/mol. The molecule has 0 spiro atoms. The van der Waals surface area contributed by atoms with E-state index in [0.717, 1.165) is 42.7 Å². The highest BCUT2D eigenvalue weighted by atomic mass is 35.5. The number of rotatable bonds is 6. The minimum atomic E-state index is 0.628. The first-order valence-corrected chi connectivity index (χ1v) is 12.3. The molecule has 7 heteroatoms. The van der Waals surface area contributed by atoms with Crippen molar-refractivity contribution in [3.8, 4) is 0 Å². The smallest absolute Gasteiger partial charge is 0.180 e. The van der Waals surface area contributed by atoms with E-state index < -0.39 is 0 Å². The first kappa shape index (κ1) is 21.2. The number of piperidine rings is 1. The minimum absolute atomic E-state index is 0.628. The van der Waals surface area contributed by atoms with Crippen molar-refractivity contribution in [1.29, 1.82) is 0 Å². The summed E-state index contributed by atoms with van der Waals surface area (Å²) in [6.07, 6.45) is 6.99. The number of fused-ring (bicyclic) bond motifs is 1. The van der Waals surface area contributed by atoms with Gasteiger partial charge in [0.15, 0.2) is 5.13 Å². The molecule has 1 aliphatic carbocycles. The summed E-state index contributed by atoms with van der Waals surface area (Å²) in [5.41, 5.74) is 8.26. The first-order valence-electron chi connectivity index (χ1n) is 10.7. The summed E-state index contributed by atoms with van der Waals surface area (Å²) in [6.45, 7) is 6.75. The van der Waals surface area contributed by atoms with Crippen LogP contribution in [0.5, 0.6) is 0 Å². The van der Waals surface area contributed by atoms with Crippen LogP contribution < -0.4 is 10.6 Å². The van der Waals surface area contributed by atoms with Crippen molar-refractivity contribution < 1.29 is 0 Å². The third kappa shape index (κ3) is 4.84. The Kier molecular flexibility index (Phi) is 6.90. The van der Waals surface area contributed by atoms with Gasteiger partial charge in [0, 0.05) is 30.6 Å². The molecular weight excluding hydrogens is 423 g/mol. The zero-order valence-corrected chi connectivity index (χ0v) is 19.4. The number of anilines is 2. The van der Waals surface area contributed by atoms with Gasteiger partial charge in [-0.25, -0.2) is 4.98 Å². The molecule has 1 fully saturated rings. The van der Waals surface area contributed by atoms with Gasteiger partial charge in [-0.3, -0.25) is 4.90 Å². The van der Waals surface area contributed by atoms with E-state index in [2.05, 4.69) is 27.8 Å². The molecule has 4 nitrogen and oxygen atoms in total. The summed E-state index contributed by atoms with van der Waals surface area (Å²) >= 11 is 14.3. The fourth-order valence-corrected chi connectivity index (χ4v) is 6.19. The van der Waals surface area contributed by atoms with E-state index in [1.54, 1.807) is 11.3 Å². The highest BCUT2D eigenvalue weighted by Crippen LogP contribution is 2.35. The number of aromatic nitrogens is 1. The predicted molar refractivity (Wildman–Crippen MR) is 126 cm³/mol. The molecule has 1 aliphatic heterocycles. The molecule has 29 heavy (non-hydrogen) atoms. The van der Waals surface area contributed by atoms with Crippen molar-refractivity contribution in [2.24, 2.45) is 5.92 Å². The molecule has 0 radical (unpaired) electrons. The molecule has 2 aromatic rings. The topological polar surface area (TPSA) is 45.4 Å². The van der Waals surface area contributed by atoms with Gasteiger partial charge in [-0.1, -0.05) is 36.2 Å². The highest BCUT2D eigenvalue weighted by Gasteiger charge is 2.29. The predicted octanol–water partition coefficient (Wildman–Crippen LogP) is 5.52. The average Bonchev–Trinajstić information content (AvgIpc) is 3.09. The Morgan fingerprint density at radius 2 is 2.03 bits per heavy atom. The van der Waals surface area contributed by atoms with Crippen LogP contribution in [-0.4, -0.2) is 42.1 Å². The van der Waals surface area contributed by atoms with Gasteiger partial charge in [0.25, 0.3) is 0 Å². The lowest BCUT2D eigenvalue weighted by atomic mass is 9.92. The van der Waals surface area contributed by atoms with Crippen molar-refractivity contribution in [2.45, 2.75) is 51.5 Å². The lowest BCUT2D eigenvalue weighted by Gasteiger charge is -2.39. The number of hydrogen-bond donors (Lipinski definition) is 1. The SMILES string of the molecule is CCCN(CC1CCN(c2cccc(Cl)c2Cl)CC1)[C@H]1CCc2nc(N)sc2C1. The molecule has 158 valence electrons. The standard InChI is InChI=1S/C22H30Cl2N4S/c1-2-10-28(16-6-7-18-20(13-16)29-22(25)26-18)14-15-8-11-27(12-9-15)19-5-3-4-17(23)21(19)24/h3-5,15-16H,2,6-14H2,1H3,(H2,25,26)/t16-/m0/s1. The number of aryl methyl sites for hydroxylation is 1. The summed E-state index contributed by atoms with van der Waals surface area (Å²) < 4.78 is 0. The van der Waals surface area contributed by atoms with E-state index in [4.69, 9.17) is 28.9 Å². The Bertz CT molecular complexity index is 832. The van der Waals surface area contributed by atoms with Crippen LogP contribution in [0.4, 0.5) is 10.8 Å². The van der Waals surface area contributed by atoms with E-state index in [1.165, 1.54) is 49.3 Å². The van der Waals surface area contributed by atoms with Gasteiger partial charge in [-0.15, -0.1) is 11.3 Å². The van der Waals surface area contributed by atoms with Crippen LogP contribution in [0.25, 0.3) is 0 Å². The first-order chi connectivity index (χ1) is 14.0. The van der Waals surface area contributed by atoms with Gasteiger partial charge in [-0.05, 0) is 63.1 Å². The third-order valence-electron chi connectivity index (χ3n) is 6.34. The molecule has 0 bridgehead atoms. The van der Waals surface area contributed by atoms with Crippen molar-refractivity contribution in [3.63, 3.8) is 0 Å². The lowest BCUT2D eigenvalue weighted by molar-refractivity contribution is 0.143. The number of benzene rings is 1. The molecule has 0 saturated carbocycles.